The highest BCUT2D eigenvalue weighted by atomic mass is 79.9. The highest BCUT2D eigenvalue weighted by Crippen LogP contribution is 2.68. The number of nitrogens with zero attached hydrogens (tertiary/aromatic N) is 2. The van der Waals surface area contributed by atoms with E-state index in [1.165, 1.54) is 0 Å². The van der Waals surface area contributed by atoms with E-state index in [9.17, 15) is 19.5 Å². The normalized spacial score (nSPS) is 32.0. The fourth-order valence-corrected chi connectivity index (χ4v) is 9.52. The van der Waals surface area contributed by atoms with Crippen LogP contribution in [0, 0.1) is 11.8 Å². The number of fused-ring (bicyclic) bond motifs is 1. The van der Waals surface area contributed by atoms with Gasteiger partial charge in [-0.2, -0.15) is 0 Å². The van der Waals surface area contributed by atoms with Gasteiger partial charge in [0.05, 0.1) is 35.8 Å². The lowest BCUT2D eigenvalue weighted by molar-refractivity contribution is -0.154. The van der Waals surface area contributed by atoms with Crippen LogP contribution in [0.5, 0.6) is 0 Å². The van der Waals surface area contributed by atoms with Crippen molar-refractivity contribution in [3.05, 3.63) is 25.3 Å². The first kappa shape index (κ1) is 28.3. The Morgan fingerprint density at radius 3 is 2.63 bits per heavy atom. The van der Waals surface area contributed by atoms with Gasteiger partial charge in [0.15, 0.2) is 0 Å². The van der Waals surface area contributed by atoms with E-state index in [0.29, 0.717) is 26.0 Å². The van der Waals surface area contributed by atoms with Crippen LogP contribution in [0.4, 0.5) is 0 Å². The molecule has 2 amide bonds. The molecule has 1 spiro atoms. The Hall–Kier alpha value is -1.32. The summed E-state index contributed by atoms with van der Waals surface area (Å²) >= 11 is 5.35. The number of unbranched alkanes of at least 4 members (excludes halogenated alkanes) is 2. The van der Waals surface area contributed by atoms with E-state index in [-0.39, 0.29) is 40.5 Å². The van der Waals surface area contributed by atoms with E-state index in [4.69, 9.17) is 4.74 Å². The number of hydrogen-bond donors (Lipinski definition) is 1. The van der Waals surface area contributed by atoms with Crippen molar-refractivity contribution in [1.29, 1.82) is 0 Å². The zero-order chi connectivity index (χ0) is 25.9. The Balaban J connectivity index is 1.98. The molecular weight excluding hydrogens is 532 g/mol. The van der Waals surface area contributed by atoms with Gasteiger partial charge in [0.25, 0.3) is 0 Å². The van der Waals surface area contributed by atoms with Crippen LogP contribution >= 0.6 is 27.7 Å². The molecule has 3 unspecified atom stereocenters. The minimum absolute atomic E-state index is 0.00813. The Labute approximate surface area is 221 Å². The number of ether oxygens (including phenoxy) is 1. The highest BCUT2D eigenvalue weighted by Gasteiger charge is 2.76. The minimum atomic E-state index is -0.750. The lowest BCUT2D eigenvalue weighted by atomic mass is 9.71. The molecule has 35 heavy (non-hydrogen) atoms. The van der Waals surface area contributed by atoms with Gasteiger partial charge in [-0.1, -0.05) is 35.0 Å². The number of esters is 1. The molecule has 3 aliphatic rings. The average molecular weight is 572 g/mol. The third-order valence-corrected chi connectivity index (χ3v) is 10.8. The van der Waals surface area contributed by atoms with Crippen LogP contribution in [0.3, 0.4) is 0 Å². The first-order valence-corrected chi connectivity index (χ1v) is 14.4. The van der Waals surface area contributed by atoms with E-state index >= 15 is 0 Å². The first-order valence-electron chi connectivity index (χ1n) is 12.6. The molecule has 0 aromatic heterocycles. The van der Waals surface area contributed by atoms with Gasteiger partial charge in [-0.05, 0) is 46.0 Å². The Morgan fingerprint density at radius 1 is 1.34 bits per heavy atom. The summed E-state index contributed by atoms with van der Waals surface area (Å²) in [6, 6.07) is -1.32. The molecule has 3 fully saturated rings. The number of carbonyl (C=O) groups is 3. The van der Waals surface area contributed by atoms with E-state index in [1.807, 2.05) is 26.8 Å². The van der Waals surface area contributed by atoms with E-state index < -0.39 is 28.7 Å². The smallest absolute Gasteiger partial charge is 0.310 e. The van der Waals surface area contributed by atoms with Gasteiger partial charge < -0.3 is 19.6 Å². The number of halogens is 1. The standard InChI is InChI=1S/C26H39BrN2O5S/c1-6-9-10-11-13-34-25(33)19-20-23(31)29(17(8-3)15-30)22(24(32)28(12-7-2)16(4)5)26(20)14-18(27)21(19)35-26/h6-7,16-22,30H,1-2,8-15H2,3-5H3/t17-,18?,19-,20-,21-,22?,26?/m0/s1. The van der Waals surface area contributed by atoms with Crippen molar-refractivity contribution < 1.29 is 24.2 Å². The first-order chi connectivity index (χ1) is 16.7. The van der Waals surface area contributed by atoms with Crippen LogP contribution in [0.2, 0.25) is 0 Å². The predicted molar refractivity (Wildman–Crippen MR) is 142 cm³/mol. The minimum Gasteiger partial charge on any atom is -0.465 e. The number of aliphatic hydroxyl groups excluding tert-OH is 1. The highest BCUT2D eigenvalue weighted by molar-refractivity contribution is 9.09. The van der Waals surface area contributed by atoms with Crippen LogP contribution in [-0.4, -0.2) is 85.4 Å². The summed E-state index contributed by atoms with van der Waals surface area (Å²) in [4.78, 5) is 44.8. The monoisotopic (exact) mass is 570 g/mol. The summed E-state index contributed by atoms with van der Waals surface area (Å²) in [7, 11) is 0. The predicted octanol–water partition coefficient (Wildman–Crippen LogP) is 3.54. The summed E-state index contributed by atoms with van der Waals surface area (Å²) in [5.74, 6) is -1.97. The van der Waals surface area contributed by atoms with Crippen molar-refractivity contribution in [2.24, 2.45) is 11.8 Å². The van der Waals surface area contributed by atoms with Crippen LogP contribution in [-0.2, 0) is 19.1 Å². The van der Waals surface area contributed by atoms with Gasteiger partial charge in [-0.25, -0.2) is 0 Å². The van der Waals surface area contributed by atoms with Gasteiger partial charge in [0.2, 0.25) is 11.8 Å². The number of aliphatic hydroxyl groups is 1. The number of allylic oxidation sites excluding steroid dienone is 1. The van der Waals surface area contributed by atoms with Crippen molar-refractivity contribution in [3.63, 3.8) is 0 Å². The topological polar surface area (TPSA) is 87.1 Å². The largest absolute Gasteiger partial charge is 0.465 e. The van der Waals surface area contributed by atoms with Crippen molar-refractivity contribution in [2.45, 2.75) is 85.8 Å². The van der Waals surface area contributed by atoms with Gasteiger partial charge in [-0.3, -0.25) is 14.4 Å². The van der Waals surface area contributed by atoms with Crippen molar-refractivity contribution in [3.8, 4) is 0 Å². The van der Waals surface area contributed by atoms with Crippen LogP contribution in [0.1, 0.15) is 52.9 Å². The number of alkyl halides is 1. The second-order valence-corrected chi connectivity index (χ2v) is 12.7. The van der Waals surface area contributed by atoms with Crippen molar-refractivity contribution in [1.82, 2.24) is 9.80 Å². The van der Waals surface area contributed by atoms with Gasteiger partial charge >= 0.3 is 5.97 Å². The number of amides is 2. The summed E-state index contributed by atoms with van der Waals surface area (Å²) in [5, 5.41) is 10.0. The lowest BCUT2D eigenvalue weighted by Gasteiger charge is -2.40. The number of likely N-dealkylation sites (tertiary alicyclic amines) is 1. The zero-order valence-corrected chi connectivity index (χ0v) is 23.4. The molecular formula is C26H39BrN2O5S. The molecule has 0 aromatic carbocycles. The maximum Gasteiger partial charge on any atom is 0.310 e. The summed E-state index contributed by atoms with van der Waals surface area (Å²) in [6.07, 6.45) is 7.15. The van der Waals surface area contributed by atoms with Crippen molar-refractivity contribution >= 4 is 45.5 Å². The molecule has 0 aromatic rings. The fraction of sp³-hybridized carbons (Fsp3) is 0.731. The van der Waals surface area contributed by atoms with E-state index in [0.717, 1.165) is 19.3 Å². The molecule has 0 aliphatic carbocycles. The number of thioether (sulfide) groups is 1. The van der Waals surface area contributed by atoms with Gasteiger partial charge in [0.1, 0.15) is 6.04 Å². The summed E-state index contributed by atoms with van der Waals surface area (Å²) < 4.78 is 4.92. The zero-order valence-electron chi connectivity index (χ0n) is 21.0. The third kappa shape index (κ3) is 4.97. The molecule has 196 valence electrons. The summed E-state index contributed by atoms with van der Waals surface area (Å²) in [5.41, 5.74) is 0. The summed E-state index contributed by atoms with van der Waals surface area (Å²) in [6.45, 7) is 13.8. The van der Waals surface area contributed by atoms with Crippen molar-refractivity contribution in [2.75, 3.05) is 19.8 Å². The van der Waals surface area contributed by atoms with Gasteiger partial charge in [-0.15, -0.1) is 24.9 Å². The molecule has 3 saturated heterocycles. The number of hydrogen-bond acceptors (Lipinski definition) is 6. The number of rotatable bonds is 13. The van der Waals surface area contributed by atoms with E-state index in [2.05, 4.69) is 29.1 Å². The molecule has 9 heteroatoms. The quantitative estimate of drug-likeness (QED) is 0.158. The van der Waals surface area contributed by atoms with Gasteiger partial charge in [0, 0.05) is 22.7 Å². The fourth-order valence-electron chi connectivity index (χ4n) is 5.93. The number of carbonyl (C=O) groups excluding carboxylic acids is 3. The maximum atomic E-state index is 14.1. The molecule has 0 radical (unpaired) electrons. The van der Waals surface area contributed by atoms with E-state index in [1.54, 1.807) is 27.6 Å². The van der Waals surface area contributed by atoms with Crippen LogP contribution in [0.25, 0.3) is 0 Å². The molecule has 0 saturated carbocycles. The molecule has 2 bridgehead atoms. The Bertz CT molecular complexity index is 835. The molecule has 3 heterocycles. The van der Waals surface area contributed by atoms with Crippen LogP contribution in [0.15, 0.2) is 25.3 Å². The third-order valence-electron chi connectivity index (χ3n) is 7.59. The SMILES string of the molecule is C=CCCCCOC(=O)[C@H]1[C@H]2C(=O)N([C@@H](CC)CO)C(C(=O)N(CC=C)C(C)C)C23CC(Br)[C@@H]1S3. The molecule has 1 N–H and O–H groups in total. The van der Waals surface area contributed by atoms with Crippen LogP contribution < -0.4 is 0 Å². The second-order valence-electron chi connectivity index (χ2n) is 9.98. The maximum absolute atomic E-state index is 14.1. The Morgan fingerprint density at radius 2 is 2.06 bits per heavy atom. The molecule has 7 atom stereocenters. The average Bonchev–Trinajstić information content (AvgIpc) is 3.41. The molecule has 3 rings (SSSR count). The molecule has 3 aliphatic heterocycles. The molecule has 7 nitrogen and oxygen atoms in total. The second kappa shape index (κ2) is 11.8. The Kier molecular flexibility index (Phi) is 9.54. The lowest BCUT2D eigenvalue weighted by Crippen LogP contribution is -2.58.